The van der Waals surface area contributed by atoms with Crippen molar-refractivity contribution >= 4 is 50.5 Å². The Morgan fingerprint density at radius 1 is 1.07 bits per heavy atom. The lowest BCUT2D eigenvalue weighted by molar-refractivity contribution is 0.198. The van der Waals surface area contributed by atoms with Crippen molar-refractivity contribution in [1.29, 1.82) is 0 Å². The zero-order valence-corrected chi connectivity index (χ0v) is 19.4. The summed E-state index contributed by atoms with van der Waals surface area (Å²) in [5.74, 6) is 0. The van der Waals surface area contributed by atoms with Gasteiger partial charge < -0.3 is 9.47 Å². The summed E-state index contributed by atoms with van der Waals surface area (Å²) < 4.78 is 5.96. The predicted octanol–water partition coefficient (Wildman–Crippen LogP) is 5.65. The van der Waals surface area contributed by atoms with Crippen molar-refractivity contribution in [2.24, 2.45) is 0 Å². The minimum absolute atomic E-state index is 0.649. The van der Waals surface area contributed by atoms with E-state index >= 15 is 0 Å². The molecule has 0 amide bonds. The average molecular weight is 492 g/mol. The summed E-state index contributed by atoms with van der Waals surface area (Å²) in [6.07, 6.45) is 5.63. The highest BCUT2D eigenvalue weighted by Gasteiger charge is 2.26. The minimum atomic E-state index is 0.649. The summed E-state index contributed by atoms with van der Waals surface area (Å²) in [6.45, 7) is 5.49. The average Bonchev–Trinajstić information content (AvgIpc) is 3.48. The molecule has 29 heavy (non-hydrogen) atoms. The van der Waals surface area contributed by atoms with Gasteiger partial charge in [-0.2, -0.15) is 0 Å². The third-order valence-corrected chi connectivity index (χ3v) is 7.66. The molecule has 2 fully saturated rings. The maximum absolute atomic E-state index is 5.98. The largest absolute Gasteiger partial charge is 0.327 e. The van der Waals surface area contributed by atoms with Gasteiger partial charge in [0.25, 0.3) is 0 Å². The lowest BCUT2D eigenvalue weighted by Crippen LogP contribution is -2.44. The van der Waals surface area contributed by atoms with Crippen molar-refractivity contribution in [1.82, 2.24) is 18.8 Å². The number of piperazine rings is 1. The van der Waals surface area contributed by atoms with Crippen LogP contribution < -0.4 is 0 Å². The first-order valence-electron chi connectivity index (χ1n) is 10.2. The van der Waals surface area contributed by atoms with Crippen LogP contribution in [0.1, 0.15) is 24.4 Å². The molecule has 0 bridgehead atoms. The van der Waals surface area contributed by atoms with Gasteiger partial charge in [-0.3, -0.25) is 0 Å². The van der Waals surface area contributed by atoms with Gasteiger partial charge in [-0.05, 0) is 77.0 Å². The molecule has 1 aliphatic heterocycles. The molecule has 0 N–H and O–H groups in total. The van der Waals surface area contributed by atoms with E-state index in [1.807, 2.05) is 30.4 Å². The summed E-state index contributed by atoms with van der Waals surface area (Å²) in [5.41, 5.74) is 3.69. The molecule has 152 valence electrons. The molecular formula is C22H24BrClN4S. The molecule has 0 radical (unpaired) electrons. The van der Waals surface area contributed by atoms with Crippen LogP contribution in [0.15, 0.2) is 52.1 Å². The zero-order valence-electron chi connectivity index (χ0n) is 16.2. The fraction of sp³-hybridized carbons (Fsp3) is 0.409. The first-order valence-corrected chi connectivity index (χ1v) is 12.2. The van der Waals surface area contributed by atoms with Crippen LogP contribution in [0.4, 0.5) is 0 Å². The summed E-state index contributed by atoms with van der Waals surface area (Å²) in [5, 5.41) is 0.809. The number of fused-ring (bicyclic) bond motifs is 1. The second-order valence-electron chi connectivity index (χ2n) is 7.89. The minimum Gasteiger partial charge on any atom is -0.327 e. The molecule has 0 atom stereocenters. The molecule has 2 heterocycles. The van der Waals surface area contributed by atoms with E-state index < -0.39 is 0 Å². The van der Waals surface area contributed by atoms with Crippen LogP contribution in [-0.4, -0.2) is 51.5 Å². The number of benzene rings is 2. The van der Waals surface area contributed by atoms with Crippen molar-refractivity contribution < 1.29 is 0 Å². The van der Waals surface area contributed by atoms with E-state index in [2.05, 4.69) is 59.0 Å². The highest BCUT2D eigenvalue weighted by atomic mass is 79.9. The van der Waals surface area contributed by atoms with Gasteiger partial charge in [-0.1, -0.05) is 23.7 Å². The van der Waals surface area contributed by atoms with Crippen LogP contribution in [0, 0.1) is 0 Å². The van der Waals surface area contributed by atoms with Gasteiger partial charge in [0.1, 0.15) is 0 Å². The SMILES string of the molecule is Clc1ccc(CCN2CCN(Sc3cc(Br)c4c(c3)ncn4C3CC3)CC2)cc1. The van der Waals surface area contributed by atoms with Gasteiger partial charge in [0, 0.05) is 53.2 Å². The number of rotatable bonds is 6. The normalized spacial score (nSPS) is 18.6. The number of halogens is 2. The van der Waals surface area contributed by atoms with E-state index in [-0.39, 0.29) is 0 Å². The van der Waals surface area contributed by atoms with Crippen molar-refractivity contribution in [2.75, 3.05) is 32.7 Å². The molecule has 1 aliphatic carbocycles. The smallest absolute Gasteiger partial charge is 0.0961 e. The topological polar surface area (TPSA) is 24.3 Å². The molecule has 2 aromatic carbocycles. The molecule has 0 spiro atoms. The lowest BCUT2D eigenvalue weighted by Gasteiger charge is -2.33. The molecule has 4 nitrogen and oxygen atoms in total. The van der Waals surface area contributed by atoms with Crippen LogP contribution in [0.3, 0.4) is 0 Å². The van der Waals surface area contributed by atoms with Crippen LogP contribution >= 0.6 is 39.5 Å². The maximum Gasteiger partial charge on any atom is 0.0961 e. The Balaban J connectivity index is 1.16. The highest BCUT2D eigenvalue weighted by molar-refractivity contribution is 9.10. The van der Waals surface area contributed by atoms with Crippen molar-refractivity contribution in [3.63, 3.8) is 0 Å². The van der Waals surface area contributed by atoms with E-state index in [9.17, 15) is 0 Å². The van der Waals surface area contributed by atoms with Gasteiger partial charge in [0.05, 0.1) is 17.4 Å². The zero-order chi connectivity index (χ0) is 19.8. The first-order chi connectivity index (χ1) is 14.2. The van der Waals surface area contributed by atoms with E-state index in [4.69, 9.17) is 11.6 Å². The predicted molar refractivity (Wildman–Crippen MR) is 125 cm³/mol. The Kier molecular flexibility index (Phi) is 5.89. The third-order valence-electron chi connectivity index (χ3n) is 5.73. The molecule has 5 rings (SSSR count). The number of imidazole rings is 1. The summed E-state index contributed by atoms with van der Waals surface area (Å²) in [6, 6.07) is 13.4. The Labute approximate surface area is 189 Å². The number of hydrogen-bond donors (Lipinski definition) is 0. The van der Waals surface area contributed by atoms with E-state index in [0.29, 0.717) is 6.04 Å². The maximum atomic E-state index is 5.98. The van der Waals surface area contributed by atoms with E-state index in [1.54, 1.807) is 0 Å². The number of nitrogens with zero attached hydrogens (tertiary/aromatic N) is 4. The van der Waals surface area contributed by atoms with Gasteiger partial charge in [-0.15, -0.1) is 0 Å². The van der Waals surface area contributed by atoms with Gasteiger partial charge in [0.2, 0.25) is 0 Å². The second-order valence-corrected chi connectivity index (χ2v) is 10.4. The van der Waals surface area contributed by atoms with Crippen LogP contribution in [0.25, 0.3) is 11.0 Å². The Hall–Kier alpha value is -1.05. The van der Waals surface area contributed by atoms with Crippen molar-refractivity contribution in [3.05, 3.63) is 57.8 Å². The summed E-state index contributed by atoms with van der Waals surface area (Å²) >= 11 is 11.6. The molecule has 1 saturated heterocycles. The van der Waals surface area contributed by atoms with Crippen LogP contribution in [0.5, 0.6) is 0 Å². The second kappa shape index (κ2) is 8.60. The Morgan fingerprint density at radius 3 is 2.55 bits per heavy atom. The molecule has 0 unspecified atom stereocenters. The van der Waals surface area contributed by atoms with Gasteiger partial charge in [-0.25, -0.2) is 9.29 Å². The van der Waals surface area contributed by atoms with Crippen molar-refractivity contribution in [2.45, 2.75) is 30.2 Å². The molecule has 2 aliphatic rings. The molecule has 7 heteroatoms. The molecule has 1 saturated carbocycles. The molecular weight excluding hydrogens is 468 g/mol. The molecule has 3 aromatic rings. The van der Waals surface area contributed by atoms with E-state index in [1.165, 1.54) is 28.8 Å². The summed E-state index contributed by atoms with van der Waals surface area (Å²) in [4.78, 5) is 8.47. The van der Waals surface area contributed by atoms with Crippen LogP contribution in [0.2, 0.25) is 5.02 Å². The van der Waals surface area contributed by atoms with Crippen LogP contribution in [-0.2, 0) is 6.42 Å². The number of hydrogen-bond acceptors (Lipinski definition) is 4. The summed E-state index contributed by atoms with van der Waals surface area (Å²) in [7, 11) is 0. The lowest BCUT2D eigenvalue weighted by atomic mass is 10.1. The number of aromatic nitrogens is 2. The van der Waals surface area contributed by atoms with Gasteiger partial charge in [0.15, 0.2) is 0 Å². The van der Waals surface area contributed by atoms with Gasteiger partial charge >= 0.3 is 0 Å². The Morgan fingerprint density at radius 2 is 1.83 bits per heavy atom. The fourth-order valence-corrected chi connectivity index (χ4v) is 5.82. The quantitative estimate of drug-likeness (QED) is 0.416. The Bertz CT molecular complexity index is 994. The highest BCUT2D eigenvalue weighted by Crippen LogP contribution is 2.40. The standard InChI is InChI=1S/C22H24BrClN4S/c23-20-13-19(14-21-22(20)28(15-25-21)18-5-6-18)29-27-11-9-26(10-12-27)8-7-16-1-3-17(24)4-2-16/h1-4,13-15,18H,5-12H2. The van der Waals surface area contributed by atoms with E-state index in [0.717, 1.165) is 54.2 Å². The first kappa shape index (κ1) is 19.9. The monoisotopic (exact) mass is 490 g/mol. The van der Waals surface area contributed by atoms with Crippen molar-refractivity contribution in [3.8, 4) is 0 Å². The fourth-order valence-electron chi connectivity index (χ4n) is 3.91. The third kappa shape index (κ3) is 4.67. The molecule has 1 aromatic heterocycles.